The van der Waals surface area contributed by atoms with E-state index in [1.165, 1.54) is 0 Å². The van der Waals surface area contributed by atoms with Crippen LogP contribution in [-0.4, -0.2) is 22.1 Å². The highest BCUT2D eigenvalue weighted by Gasteiger charge is 2.16. The molecular weight excluding hydrogens is 228 g/mol. The summed E-state index contributed by atoms with van der Waals surface area (Å²) in [5.74, 6) is 0.0890. The van der Waals surface area contributed by atoms with E-state index in [1.54, 1.807) is 36.5 Å². The minimum atomic E-state index is -1.29. The fourth-order valence-corrected chi connectivity index (χ4v) is 1.53. The molecule has 1 atom stereocenters. The highest BCUT2D eigenvalue weighted by molar-refractivity contribution is 6.00. The van der Waals surface area contributed by atoms with Gasteiger partial charge in [0.2, 0.25) is 5.78 Å². The topological polar surface area (TPSA) is 62.2 Å². The molecule has 92 valence electrons. The molecule has 0 fully saturated rings. The van der Waals surface area contributed by atoms with Crippen molar-refractivity contribution >= 4 is 11.6 Å². The van der Waals surface area contributed by atoms with E-state index in [0.717, 1.165) is 5.56 Å². The number of carbonyl (C=O) groups excluding carboxylic acids is 1. The van der Waals surface area contributed by atoms with Gasteiger partial charge in [-0.15, -0.1) is 0 Å². The molecule has 0 aliphatic heterocycles. The summed E-state index contributed by atoms with van der Waals surface area (Å²) in [5, 5.41) is 12.4. The zero-order valence-electron chi connectivity index (χ0n) is 10.00. The smallest absolute Gasteiger partial charge is 0.211 e. The van der Waals surface area contributed by atoms with E-state index in [4.69, 9.17) is 0 Å². The second-order valence-corrected chi connectivity index (χ2v) is 3.99. The maximum atomic E-state index is 11.9. The number of aliphatic hydroxyl groups excluding tert-OH is 1. The van der Waals surface area contributed by atoms with Crippen molar-refractivity contribution in [1.29, 1.82) is 0 Å². The number of nitrogens with zero attached hydrogens (tertiary/aromatic N) is 1. The van der Waals surface area contributed by atoms with Crippen LogP contribution in [-0.2, 0) is 0 Å². The highest BCUT2D eigenvalue weighted by Crippen LogP contribution is 2.08. The van der Waals surface area contributed by atoms with Crippen LogP contribution in [0.1, 0.15) is 15.9 Å². The summed E-state index contributed by atoms with van der Waals surface area (Å²) in [6.07, 6.45) is 0.299. The number of benzene rings is 1. The number of anilines is 1. The average Bonchev–Trinajstić information content (AvgIpc) is 2.40. The average molecular weight is 242 g/mol. The summed E-state index contributed by atoms with van der Waals surface area (Å²) >= 11 is 0. The van der Waals surface area contributed by atoms with Crippen molar-refractivity contribution < 1.29 is 9.90 Å². The van der Waals surface area contributed by atoms with Crippen LogP contribution in [0.25, 0.3) is 0 Å². The van der Waals surface area contributed by atoms with Crippen LogP contribution in [0.2, 0.25) is 0 Å². The van der Waals surface area contributed by atoms with E-state index in [1.807, 2.05) is 19.1 Å². The molecule has 4 nitrogen and oxygen atoms in total. The van der Waals surface area contributed by atoms with E-state index in [0.29, 0.717) is 11.4 Å². The molecule has 0 bridgehead atoms. The maximum absolute atomic E-state index is 11.9. The summed E-state index contributed by atoms with van der Waals surface area (Å²) < 4.78 is 0. The molecule has 0 radical (unpaired) electrons. The molecular formula is C14H14N2O2. The number of aromatic nitrogens is 1. The summed E-state index contributed by atoms with van der Waals surface area (Å²) in [5.41, 5.74) is 1.54. The standard InChI is InChI=1S/C14H14N2O2/c1-10-5-7-11(8-6-10)13(17)14(18)16-12-4-2-3-9-15-12/h2-9,14,18H,1H3,(H,15,16). The minimum absolute atomic E-state index is 0.374. The van der Waals surface area contributed by atoms with Crippen LogP contribution in [0.15, 0.2) is 48.7 Å². The molecule has 0 spiro atoms. The number of carbonyl (C=O) groups is 1. The fourth-order valence-electron chi connectivity index (χ4n) is 1.53. The van der Waals surface area contributed by atoms with E-state index < -0.39 is 6.23 Å². The number of pyridine rings is 1. The first-order chi connectivity index (χ1) is 8.66. The number of hydrogen-bond acceptors (Lipinski definition) is 4. The Balaban J connectivity index is 2.07. The Morgan fingerprint density at radius 2 is 1.94 bits per heavy atom. The van der Waals surface area contributed by atoms with E-state index >= 15 is 0 Å². The highest BCUT2D eigenvalue weighted by atomic mass is 16.3. The fraction of sp³-hybridized carbons (Fsp3) is 0.143. The van der Waals surface area contributed by atoms with Crippen LogP contribution in [0.3, 0.4) is 0 Å². The Labute approximate surface area is 105 Å². The first-order valence-electron chi connectivity index (χ1n) is 5.63. The van der Waals surface area contributed by atoms with Gasteiger partial charge in [0, 0.05) is 11.8 Å². The Morgan fingerprint density at radius 3 is 2.56 bits per heavy atom. The van der Waals surface area contributed by atoms with Gasteiger partial charge in [0.15, 0.2) is 6.23 Å². The molecule has 1 unspecified atom stereocenters. The van der Waals surface area contributed by atoms with Gasteiger partial charge in [-0.05, 0) is 19.1 Å². The molecule has 0 saturated carbocycles. The number of aliphatic hydroxyl groups is 1. The second-order valence-electron chi connectivity index (χ2n) is 3.99. The van der Waals surface area contributed by atoms with Crippen LogP contribution in [0.5, 0.6) is 0 Å². The second kappa shape index (κ2) is 5.42. The van der Waals surface area contributed by atoms with Crippen molar-refractivity contribution in [3.63, 3.8) is 0 Å². The molecule has 2 N–H and O–H groups in total. The molecule has 0 aliphatic rings. The minimum Gasteiger partial charge on any atom is -0.367 e. The number of ketones is 1. The number of nitrogens with one attached hydrogen (secondary N) is 1. The first kappa shape index (κ1) is 12.3. The van der Waals surface area contributed by atoms with Crippen LogP contribution >= 0.6 is 0 Å². The molecule has 2 aromatic rings. The third kappa shape index (κ3) is 2.93. The van der Waals surface area contributed by atoms with E-state index in [2.05, 4.69) is 10.3 Å². The molecule has 0 amide bonds. The van der Waals surface area contributed by atoms with Crippen molar-refractivity contribution in [1.82, 2.24) is 4.98 Å². The van der Waals surface area contributed by atoms with Crippen LogP contribution in [0, 0.1) is 6.92 Å². The van der Waals surface area contributed by atoms with E-state index in [9.17, 15) is 9.90 Å². The molecule has 0 saturated heterocycles. The van der Waals surface area contributed by atoms with Gasteiger partial charge in [-0.25, -0.2) is 4.98 Å². The Hall–Kier alpha value is -2.20. The molecule has 1 aromatic carbocycles. The number of hydrogen-bond donors (Lipinski definition) is 2. The van der Waals surface area contributed by atoms with Crippen molar-refractivity contribution in [2.45, 2.75) is 13.2 Å². The van der Waals surface area contributed by atoms with Gasteiger partial charge >= 0.3 is 0 Å². The lowest BCUT2D eigenvalue weighted by Crippen LogP contribution is -2.29. The van der Waals surface area contributed by atoms with Crippen LogP contribution in [0.4, 0.5) is 5.82 Å². The summed E-state index contributed by atoms with van der Waals surface area (Å²) in [7, 11) is 0. The Morgan fingerprint density at radius 1 is 1.22 bits per heavy atom. The molecule has 1 heterocycles. The molecule has 2 rings (SSSR count). The monoisotopic (exact) mass is 242 g/mol. The lowest BCUT2D eigenvalue weighted by atomic mass is 10.1. The third-order valence-corrected chi connectivity index (χ3v) is 2.53. The Kier molecular flexibility index (Phi) is 3.69. The Bertz CT molecular complexity index is 523. The van der Waals surface area contributed by atoms with Gasteiger partial charge < -0.3 is 10.4 Å². The molecule has 4 heteroatoms. The SMILES string of the molecule is Cc1ccc(C(=O)C(O)Nc2ccccn2)cc1. The predicted molar refractivity (Wildman–Crippen MR) is 69.4 cm³/mol. The first-order valence-corrected chi connectivity index (χ1v) is 5.63. The third-order valence-electron chi connectivity index (χ3n) is 2.53. The lowest BCUT2D eigenvalue weighted by Gasteiger charge is -2.12. The van der Waals surface area contributed by atoms with Crippen molar-refractivity contribution in [3.05, 3.63) is 59.8 Å². The van der Waals surface area contributed by atoms with E-state index in [-0.39, 0.29) is 5.78 Å². The number of rotatable bonds is 4. The normalized spacial score (nSPS) is 11.9. The summed E-state index contributed by atoms with van der Waals surface area (Å²) in [6.45, 7) is 1.94. The van der Waals surface area contributed by atoms with Crippen molar-refractivity contribution in [2.75, 3.05) is 5.32 Å². The van der Waals surface area contributed by atoms with Gasteiger partial charge in [-0.1, -0.05) is 35.9 Å². The van der Waals surface area contributed by atoms with Gasteiger partial charge in [0.25, 0.3) is 0 Å². The molecule has 18 heavy (non-hydrogen) atoms. The maximum Gasteiger partial charge on any atom is 0.211 e. The van der Waals surface area contributed by atoms with Crippen molar-refractivity contribution in [3.8, 4) is 0 Å². The van der Waals surface area contributed by atoms with Crippen molar-refractivity contribution in [2.24, 2.45) is 0 Å². The number of Topliss-reactive ketones (excluding diaryl/α,β-unsaturated/α-hetero) is 1. The quantitative estimate of drug-likeness (QED) is 0.636. The number of aryl methyl sites for hydroxylation is 1. The lowest BCUT2D eigenvalue weighted by molar-refractivity contribution is 0.0793. The zero-order chi connectivity index (χ0) is 13.0. The largest absolute Gasteiger partial charge is 0.367 e. The molecule has 1 aromatic heterocycles. The predicted octanol–water partition coefficient (Wildman–Crippen LogP) is 2.00. The molecule has 0 aliphatic carbocycles. The summed E-state index contributed by atoms with van der Waals surface area (Å²) in [4.78, 5) is 15.9. The van der Waals surface area contributed by atoms with Gasteiger partial charge in [0.05, 0.1) is 0 Å². The van der Waals surface area contributed by atoms with Gasteiger partial charge in [-0.3, -0.25) is 4.79 Å². The summed E-state index contributed by atoms with van der Waals surface area (Å²) in [6, 6.07) is 12.3. The van der Waals surface area contributed by atoms with Gasteiger partial charge in [0.1, 0.15) is 5.82 Å². The van der Waals surface area contributed by atoms with Crippen LogP contribution < -0.4 is 5.32 Å². The van der Waals surface area contributed by atoms with Gasteiger partial charge in [-0.2, -0.15) is 0 Å². The zero-order valence-corrected chi connectivity index (χ0v) is 10.00.